The summed E-state index contributed by atoms with van der Waals surface area (Å²) in [6, 6.07) is 2.85. The van der Waals surface area contributed by atoms with Crippen LogP contribution in [0.25, 0.3) is 0 Å². The first-order chi connectivity index (χ1) is 9.13. The minimum Gasteiger partial charge on any atom is -0.369 e. The topological polar surface area (TPSA) is 87.2 Å². The highest BCUT2D eigenvalue weighted by atomic mass is 16.2. The normalized spacial score (nSPS) is 18.9. The summed E-state index contributed by atoms with van der Waals surface area (Å²) in [6.07, 6.45) is 0. The predicted molar refractivity (Wildman–Crippen MR) is 69.7 cm³/mol. The molecule has 1 saturated heterocycles. The van der Waals surface area contributed by atoms with E-state index in [9.17, 15) is 9.59 Å². The van der Waals surface area contributed by atoms with E-state index in [0.29, 0.717) is 18.9 Å². The summed E-state index contributed by atoms with van der Waals surface area (Å²) in [5, 5.41) is 13.5. The molecule has 0 radical (unpaired) electrons. The minimum absolute atomic E-state index is 0.142. The highest BCUT2D eigenvalue weighted by Gasteiger charge is 2.30. The van der Waals surface area contributed by atoms with Gasteiger partial charge in [0.25, 0.3) is 5.91 Å². The van der Waals surface area contributed by atoms with E-state index in [1.165, 1.54) is 4.90 Å². The first-order valence-electron chi connectivity index (χ1n) is 6.29. The third kappa shape index (κ3) is 2.81. The Morgan fingerprint density at radius 3 is 2.95 bits per heavy atom. The van der Waals surface area contributed by atoms with Crippen molar-refractivity contribution in [1.82, 2.24) is 20.4 Å². The summed E-state index contributed by atoms with van der Waals surface area (Å²) in [4.78, 5) is 25.3. The number of nitrogens with one attached hydrogen (secondary N) is 2. The molecule has 0 saturated carbocycles. The van der Waals surface area contributed by atoms with Crippen LogP contribution >= 0.6 is 0 Å². The Morgan fingerprint density at radius 2 is 2.32 bits per heavy atom. The van der Waals surface area contributed by atoms with Gasteiger partial charge in [-0.1, -0.05) is 0 Å². The van der Waals surface area contributed by atoms with E-state index in [1.807, 2.05) is 6.92 Å². The smallest absolute Gasteiger partial charge is 0.275 e. The Labute approximate surface area is 111 Å². The predicted octanol–water partition coefficient (Wildman–Crippen LogP) is -0.131. The molecule has 2 rings (SSSR count). The van der Waals surface area contributed by atoms with Crippen LogP contribution in [0, 0.1) is 0 Å². The van der Waals surface area contributed by atoms with E-state index < -0.39 is 6.04 Å². The van der Waals surface area contributed by atoms with Crippen LogP contribution in [0.5, 0.6) is 0 Å². The van der Waals surface area contributed by atoms with Crippen molar-refractivity contribution in [1.29, 1.82) is 0 Å². The van der Waals surface area contributed by atoms with Crippen LogP contribution in [0.15, 0.2) is 12.1 Å². The van der Waals surface area contributed by atoms with Crippen LogP contribution in [-0.4, -0.2) is 52.6 Å². The molecule has 0 aliphatic carbocycles. The summed E-state index contributed by atoms with van der Waals surface area (Å²) in [6.45, 7) is 5.35. The van der Waals surface area contributed by atoms with E-state index in [0.717, 1.165) is 6.54 Å². The Morgan fingerprint density at radius 1 is 1.53 bits per heavy atom. The van der Waals surface area contributed by atoms with Crippen molar-refractivity contribution in [2.24, 2.45) is 0 Å². The summed E-state index contributed by atoms with van der Waals surface area (Å²) in [5.74, 6) is 0.221. The van der Waals surface area contributed by atoms with Crippen LogP contribution in [0.4, 0.5) is 5.82 Å². The number of carbonyl (C=O) groups is 2. The molecule has 7 heteroatoms. The highest BCUT2D eigenvalue weighted by molar-refractivity contribution is 5.96. The second-order valence-corrected chi connectivity index (χ2v) is 4.30. The van der Waals surface area contributed by atoms with Gasteiger partial charge in [-0.25, -0.2) is 0 Å². The average Bonchev–Trinajstić information content (AvgIpc) is 2.42. The molecule has 2 amide bonds. The molecule has 7 nitrogen and oxygen atoms in total. The summed E-state index contributed by atoms with van der Waals surface area (Å²) >= 11 is 0. The van der Waals surface area contributed by atoms with Crippen LogP contribution in [0.3, 0.4) is 0 Å². The standard InChI is InChI=1S/C12H17N5O2/c1-3-13-10-5-4-9(15-16-10)12(19)17-7-6-14-11(18)8(17)2/h4-5,8H,3,6-7H2,1-2H3,(H,13,16)(H,14,18). The number of anilines is 1. The quantitative estimate of drug-likeness (QED) is 0.793. The van der Waals surface area contributed by atoms with E-state index in [1.54, 1.807) is 19.1 Å². The van der Waals surface area contributed by atoms with Crippen molar-refractivity contribution in [2.45, 2.75) is 19.9 Å². The highest BCUT2D eigenvalue weighted by Crippen LogP contribution is 2.10. The molecular weight excluding hydrogens is 246 g/mol. The third-order valence-electron chi connectivity index (χ3n) is 3.00. The zero-order valence-corrected chi connectivity index (χ0v) is 11.0. The Bertz CT molecular complexity index is 474. The number of hydrogen-bond donors (Lipinski definition) is 2. The first kappa shape index (κ1) is 13.3. The first-order valence-corrected chi connectivity index (χ1v) is 6.29. The fourth-order valence-electron chi connectivity index (χ4n) is 1.93. The van der Waals surface area contributed by atoms with Gasteiger partial charge in [0.1, 0.15) is 11.9 Å². The number of carbonyl (C=O) groups excluding carboxylic acids is 2. The fraction of sp³-hybridized carbons (Fsp3) is 0.500. The van der Waals surface area contributed by atoms with Gasteiger partial charge >= 0.3 is 0 Å². The summed E-state index contributed by atoms with van der Waals surface area (Å²) in [7, 11) is 0. The molecule has 102 valence electrons. The molecule has 0 spiro atoms. The molecule has 1 aromatic rings. The Kier molecular flexibility index (Phi) is 3.94. The zero-order chi connectivity index (χ0) is 13.8. The molecule has 0 bridgehead atoms. The second kappa shape index (κ2) is 5.64. The van der Waals surface area contributed by atoms with Crippen LogP contribution < -0.4 is 10.6 Å². The Hall–Kier alpha value is -2.18. The number of aromatic nitrogens is 2. The van der Waals surface area contributed by atoms with Crippen molar-refractivity contribution in [3.8, 4) is 0 Å². The number of piperazine rings is 1. The van der Waals surface area contributed by atoms with Gasteiger partial charge in [-0.15, -0.1) is 10.2 Å². The van der Waals surface area contributed by atoms with Gasteiger partial charge in [0.05, 0.1) is 0 Å². The molecule has 1 aliphatic rings. The number of nitrogens with zero attached hydrogens (tertiary/aromatic N) is 3. The number of amides is 2. The van der Waals surface area contributed by atoms with Crippen LogP contribution in [0.2, 0.25) is 0 Å². The maximum atomic E-state index is 12.2. The second-order valence-electron chi connectivity index (χ2n) is 4.30. The average molecular weight is 263 g/mol. The maximum absolute atomic E-state index is 12.2. The van der Waals surface area contributed by atoms with Gasteiger partial charge in [0.2, 0.25) is 5.91 Å². The van der Waals surface area contributed by atoms with Gasteiger partial charge in [-0.2, -0.15) is 0 Å². The van der Waals surface area contributed by atoms with Gasteiger partial charge in [-0.3, -0.25) is 9.59 Å². The van der Waals surface area contributed by atoms with Crippen molar-refractivity contribution < 1.29 is 9.59 Å². The lowest BCUT2D eigenvalue weighted by atomic mass is 10.2. The molecule has 1 atom stereocenters. The lowest BCUT2D eigenvalue weighted by Crippen LogP contribution is -2.56. The largest absolute Gasteiger partial charge is 0.369 e. The lowest BCUT2D eigenvalue weighted by molar-refractivity contribution is -0.127. The molecule has 2 N–H and O–H groups in total. The SMILES string of the molecule is CCNc1ccc(C(=O)N2CCNC(=O)C2C)nn1. The van der Waals surface area contributed by atoms with Gasteiger partial charge in [-0.05, 0) is 26.0 Å². The molecule has 2 heterocycles. The van der Waals surface area contributed by atoms with Gasteiger partial charge < -0.3 is 15.5 Å². The maximum Gasteiger partial charge on any atom is 0.275 e. The molecule has 0 aromatic carbocycles. The van der Waals surface area contributed by atoms with E-state index in [-0.39, 0.29) is 17.5 Å². The summed E-state index contributed by atoms with van der Waals surface area (Å²) in [5.41, 5.74) is 0.253. The lowest BCUT2D eigenvalue weighted by Gasteiger charge is -2.32. The van der Waals surface area contributed by atoms with Gasteiger partial charge in [0.15, 0.2) is 5.69 Å². The van der Waals surface area contributed by atoms with Crippen molar-refractivity contribution in [3.63, 3.8) is 0 Å². The summed E-state index contributed by atoms with van der Waals surface area (Å²) < 4.78 is 0. The number of rotatable bonds is 3. The fourth-order valence-corrected chi connectivity index (χ4v) is 1.93. The molecule has 1 aromatic heterocycles. The van der Waals surface area contributed by atoms with Crippen molar-refractivity contribution in [3.05, 3.63) is 17.8 Å². The molecule has 1 aliphatic heterocycles. The zero-order valence-electron chi connectivity index (χ0n) is 11.0. The number of hydrogen-bond acceptors (Lipinski definition) is 5. The third-order valence-corrected chi connectivity index (χ3v) is 3.00. The molecule has 1 unspecified atom stereocenters. The van der Waals surface area contributed by atoms with E-state index in [4.69, 9.17) is 0 Å². The van der Waals surface area contributed by atoms with Crippen LogP contribution in [0.1, 0.15) is 24.3 Å². The van der Waals surface area contributed by atoms with Crippen molar-refractivity contribution >= 4 is 17.6 Å². The van der Waals surface area contributed by atoms with Crippen LogP contribution in [-0.2, 0) is 4.79 Å². The van der Waals surface area contributed by atoms with Gasteiger partial charge in [0, 0.05) is 19.6 Å². The van der Waals surface area contributed by atoms with Crippen molar-refractivity contribution in [2.75, 3.05) is 25.0 Å². The molecule has 1 fully saturated rings. The molecular formula is C12H17N5O2. The minimum atomic E-state index is -0.475. The molecule has 19 heavy (non-hydrogen) atoms. The van der Waals surface area contributed by atoms with E-state index in [2.05, 4.69) is 20.8 Å². The van der Waals surface area contributed by atoms with E-state index >= 15 is 0 Å². The monoisotopic (exact) mass is 263 g/mol. The Balaban J connectivity index is 2.12.